The minimum atomic E-state index is -0.127. The van der Waals surface area contributed by atoms with Gasteiger partial charge in [-0.1, -0.05) is 0 Å². The number of anilines is 1. The van der Waals surface area contributed by atoms with Crippen molar-refractivity contribution >= 4 is 11.5 Å². The molecule has 0 saturated carbocycles. The lowest BCUT2D eigenvalue weighted by Crippen LogP contribution is -2.48. The highest BCUT2D eigenvalue weighted by atomic mass is 16.5. The Balaban J connectivity index is 2.14. The standard InChI is InChI=1S/C13H18N2O2/c1-10(16)12-5-4-11(8-14-12)15-6-7-17-13(2,3)9-15/h4-5,8H,6-7,9H2,1-3H3. The van der Waals surface area contributed by atoms with Crippen LogP contribution in [0.3, 0.4) is 0 Å². The Hall–Kier alpha value is -1.42. The molecule has 1 aliphatic rings. The van der Waals surface area contributed by atoms with Gasteiger partial charge in [0.2, 0.25) is 0 Å². The molecule has 0 N–H and O–H groups in total. The van der Waals surface area contributed by atoms with E-state index in [9.17, 15) is 4.79 Å². The fourth-order valence-corrected chi connectivity index (χ4v) is 2.02. The third-order valence-electron chi connectivity index (χ3n) is 2.90. The molecule has 4 nitrogen and oxygen atoms in total. The quantitative estimate of drug-likeness (QED) is 0.733. The summed E-state index contributed by atoms with van der Waals surface area (Å²) in [5.74, 6) is -0.00106. The van der Waals surface area contributed by atoms with Crippen LogP contribution in [-0.2, 0) is 4.74 Å². The van der Waals surface area contributed by atoms with Gasteiger partial charge < -0.3 is 9.64 Å². The van der Waals surface area contributed by atoms with E-state index >= 15 is 0 Å². The largest absolute Gasteiger partial charge is 0.372 e. The third kappa shape index (κ3) is 2.82. The van der Waals surface area contributed by atoms with Gasteiger partial charge in [0.25, 0.3) is 0 Å². The maximum absolute atomic E-state index is 11.1. The van der Waals surface area contributed by atoms with Gasteiger partial charge in [0, 0.05) is 20.0 Å². The van der Waals surface area contributed by atoms with Crippen LogP contribution < -0.4 is 4.90 Å². The van der Waals surface area contributed by atoms with E-state index in [1.165, 1.54) is 6.92 Å². The van der Waals surface area contributed by atoms with Crippen molar-refractivity contribution in [1.82, 2.24) is 4.98 Å². The van der Waals surface area contributed by atoms with Crippen LogP contribution in [0, 0.1) is 0 Å². The minimum absolute atomic E-state index is 0.00106. The highest BCUT2D eigenvalue weighted by Crippen LogP contribution is 2.22. The van der Waals surface area contributed by atoms with E-state index in [4.69, 9.17) is 4.74 Å². The highest BCUT2D eigenvalue weighted by molar-refractivity contribution is 5.92. The zero-order chi connectivity index (χ0) is 12.5. The molecular formula is C13H18N2O2. The molecular weight excluding hydrogens is 216 g/mol. The monoisotopic (exact) mass is 234 g/mol. The molecule has 2 heterocycles. The first-order chi connectivity index (χ1) is 7.98. The summed E-state index contributed by atoms with van der Waals surface area (Å²) >= 11 is 0. The van der Waals surface area contributed by atoms with Crippen molar-refractivity contribution < 1.29 is 9.53 Å². The molecule has 1 aliphatic heterocycles. The number of Topliss-reactive ketones (excluding diaryl/α,β-unsaturated/α-hetero) is 1. The molecule has 0 aromatic carbocycles. The topological polar surface area (TPSA) is 42.4 Å². The van der Waals surface area contributed by atoms with E-state index in [1.54, 1.807) is 12.3 Å². The number of ketones is 1. The van der Waals surface area contributed by atoms with E-state index in [2.05, 4.69) is 23.7 Å². The number of hydrogen-bond donors (Lipinski definition) is 0. The molecule has 0 unspecified atom stereocenters. The fourth-order valence-electron chi connectivity index (χ4n) is 2.02. The molecule has 17 heavy (non-hydrogen) atoms. The predicted molar refractivity (Wildman–Crippen MR) is 66.5 cm³/mol. The zero-order valence-corrected chi connectivity index (χ0v) is 10.6. The molecule has 0 bridgehead atoms. The summed E-state index contributed by atoms with van der Waals surface area (Å²) in [6.45, 7) is 8.12. The van der Waals surface area contributed by atoms with E-state index < -0.39 is 0 Å². The Kier molecular flexibility index (Phi) is 3.15. The number of aromatic nitrogens is 1. The molecule has 0 amide bonds. The maximum atomic E-state index is 11.1. The van der Waals surface area contributed by atoms with Crippen molar-refractivity contribution in [2.75, 3.05) is 24.6 Å². The lowest BCUT2D eigenvalue weighted by molar-refractivity contribution is -0.0277. The van der Waals surface area contributed by atoms with Crippen molar-refractivity contribution in [2.45, 2.75) is 26.4 Å². The summed E-state index contributed by atoms with van der Waals surface area (Å²) in [7, 11) is 0. The summed E-state index contributed by atoms with van der Waals surface area (Å²) in [6, 6.07) is 3.73. The van der Waals surface area contributed by atoms with Crippen LogP contribution in [0.2, 0.25) is 0 Å². The normalized spacial score (nSPS) is 19.1. The summed E-state index contributed by atoms with van der Waals surface area (Å²) in [5, 5.41) is 0. The first kappa shape index (κ1) is 12.0. The van der Waals surface area contributed by atoms with E-state index in [0.29, 0.717) is 5.69 Å². The summed E-state index contributed by atoms with van der Waals surface area (Å²) in [6.07, 6.45) is 1.76. The van der Waals surface area contributed by atoms with Crippen LogP contribution in [0.15, 0.2) is 18.3 Å². The zero-order valence-electron chi connectivity index (χ0n) is 10.6. The van der Waals surface area contributed by atoms with Gasteiger partial charge in [-0.15, -0.1) is 0 Å². The Morgan fingerprint density at radius 2 is 2.24 bits per heavy atom. The molecule has 0 aliphatic carbocycles. The van der Waals surface area contributed by atoms with Crippen molar-refractivity contribution in [2.24, 2.45) is 0 Å². The predicted octanol–water partition coefficient (Wildman–Crippen LogP) is 1.90. The number of nitrogens with zero attached hydrogens (tertiary/aromatic N) is 2. The van der Waals surface area contributed by atoms with E-state index in [1.807, 2.05) is 6.07 Å². The molecule has 0 atom stereocenters. The second-order valence-corrected chi connectivity index (χ2v) is 4.99. The number of morpholine rings is 1. The van der Waals surface area contributed by atoms with Crippen LogP contribution in [0.25, 0.3) is 0 Å². The lowest BCUT2D eigenvalue weighted by atomic mass is 10.1. The second kappa shape index (κ2) is 4.45. The van der Waals surface area contributed by atoms with Crippen LogP contribution >= 0.6 is 0 Å². The van der Waals surface area contributed by atoms with E-state index in [-0.39, 0.29) is 11.4 Å². The van der Waals surface area contributed by atoms with Gasteiger partial charge in [-0.3, -0.25) is 9.78 Å². The molecule has 1 aromatic heterocycles. The molecule has 92 valence electrons. The van der Waals surface area contributed by atoms with Crippen molar-refractivity contribution in [1.29, 1.82) is 0 Å². The number of hydrogen-bond acceptors (Lipinski definition) is 4. The Bertz CT molecular complexity index is 412. The Morgan fingerprint density at radius 3 is 2.76 bits per heavy atom. The Labute approximate surface area is 102 Å². The summed E-state index contributed by atoms with van der Waals surface area (Å²) < 4.78 is 5.66. The number of carbonyl (C=O) groups is 1. The summed E-state index contributed by atoms with van der Waals surface area (Å²) in [5.41, 5.74) is 1.44. The van der Waals surface area contributed by atoms with Gasteiger partial charge in [-0.25, -0.2) is 0 Å². The number of pyridine rings is 1. The van der Waals surface area contributed by atoms with Crippen LogP contribution in [0.5, 0.6) is 0 Å². The first-order valence-corrected chi connectivity index (χ1v) is 5.84. The van der Waals surface area contributed by atoms with Gasteiger partial charge in [-0.2, -0.15) is 0 Å². The smallest absolute Gasteiger partial charge is 0.178 e. The SMILES string of the molecule is CC(=O)c1ccc(N2CCOC(C)(C)C2)cn1. The molecule has 0 radical (unpaired) electrons. The van der Waals surface area contributed by atoms with Gasteiger partial charge in [0.05, 0.1) is 24.1 Å². The molecule has 4 heteroatoms. The Morgan fingerprint density at radius 1 is 1.47 bits per heavy atom. The van der Waals surface area contributed by atoms with Crippen LogP contribution in [-0.4, -0.2) is 36.1 Å². The molecule has 1 aromatic rings. The van der Waals surface area contributed by atoms with Gasteiger partial charge in [-0.05, 0) is 26.0 Å². The number of ether oxygens (including phenoxy) is 1. The van der Waals surface area contributed by atoms with E-state index in [0.717, 1.165) is 25.4 Å². The third-order valence-corrected chi connectivity index (χ3v) is 2.90. The molecule has 1 saturated heterocycles. The average Bonchev–Trinajstić information content (AvgIpc) is 2.28. The lowest BCUT2D eigenvalue weighted by Gasteiger charge is -2.39. The van der Waals surface area contributed by atoms with Crippen molar-refractivity contribution in [3.63, 3.8) is 0 Å². The first-order valence-electron chi connectivity index (χ1n) is 5.84. The second-order valence-electron chi connectivity index (χ2n) is 4.99. The molecule has 2 rings (SSSR count). The fraction of sp³-hybridized carbons (Fsp3) is 0.538. The van der Waals surface area contributed by atoms with Gasteiger partial charge in [0.1, 0.15) is 5.69 Å². The highest BCUT2D eigenvalue weighted by Gasteiger charge is 2.27. The van der Waals surface area contributed by atoms with Gasteiger partial charge in [0.15, 0.2) is 5.78 Å². The summed E-state index contributed by atoms with van der Waals surface area (Å²) in [4.78, 5) is 17.5. The van der Waals surface area contributed by atoms with Gasteiger partial charge >= 0.3 is 0 Å². The maximum Gasteiger partial charge on any atom is 0.178 e. The van der Waals surface area contributed by atoms with Crippen molar-refractivity contribution in [3.8, 4) is 0 Å². The molecule has 1 fully saturated rings. The number of carbonyl (C=O) groups excluding carboxylic acids is 1. The minimum Gasteiger partial charge on any atom is -0.372 e. The van der Waals surface area contributed by atoms with Crippen molar-refractivity contribution in [3.05, 3.63) is 24.0 Å². The number of rotatable bonds is 2. The van der Waals surface area contributed by atoms with Crippen LogP contribution in [0.4, 0.5) is 5.69 Å². The molecule has 0 spiro atoms. The van der Waals surface area contributed by atoms with Crippen LogP contribution in [0.1, 0.15) is 31.3 Å². The average molecular weight is 234 g/mol.